The van der Waals surface area contributed by atoms with Crippen molar-refractivity contribution in [3.05, 3.63) is 29.8 Å². The van der Waals surface area contributed by atoms with E-state index in [1.165, 1.54) is 12.1 Å². The lowest BCUT2D eigenvalue weighted by Crippen LogP contribution is -2.41. The minimum absolute atomic E-state index is 0.116. The Morgan fingerprint density at radius 1 is 1.32 bits per heavy atom. The van der Waals surface area contributed by atoms with E-state index in [-0.39, 0.29) is 11.6 Å². The molecule has 1 atom stereocenters. The van der Waals surface area contributed by atoms with Gasteiger partial charge in [0.25, 0.3) is 0 Å². The molecule has 1 aromatic carbocycles. The second-order valence-corrected chi connectivity index (χ2v) is 5.01. The summed E-state index contributed by atoms with van der Waals surface area (Å²) in [5.74, 6) is -0.434. The lowest BCUT2D eigenvalue weighted by molar-refractivity contribution is 0.0697. The number of urea groups is 1. The summed E-state index contributed by atoms with van der Waals surface area (Å²) >= 11 is 0. The van der Waals surface area contributed by atoms with E-state index in [0.29, 0.717) is 11.6 Å². The molecule has 0 saturated carbocycles. The Morgan fingerprint density at radius 2 is 2.00 bits per heavy atom. The number of nitrogens with one attached hydrogen (secondary N) is 1. The van der Waals surface area contributed by atoms with Gasteiger partial charge in [0.1, 0.15) is 0 Å². The number of carbonyl (C=O) groups excluding carboxylic acids is 1. The highest BCUT2D eigenvalue weighted by Gasteiger charge is 2.20. The molecular formula is C14H18N2O3. The van der Waals surface area contributed by atoms with Crippen LogP contribution in [0.15, 0.2) is 24.3 Å². The first kappa shape index (κ1) is 13.4. The standard InChI is InChI=1S/C14H18N2O3/c1-10-3-2-8-16(9-10)14(19)15-12-6-4-11(5-7-12)13(17)18/h4-7,10H,2-3,8-9H2,1H3,(H,15,19)(H,17,18). The van der Waals surface area contributed by atoms with Crippen molar-refractivity contribution in [3.8, 4) is 0 Å². The van der Waals surface area contributed by atoms with Gasteiger partial charge in [-0.15, -0.1) is 0 Å². The van der Waals surface area contributed by atoms with Gasteiger partial charge in [-0.3, -0.25) is 0 Å². The van der Waals surface area contributed by atoms with Crippen molar-refractivity contribution in [1.82, 2.24) is 4.90 Å². The zero-order valence-electron chi connectivity index (χ0n) is 10.9. The molecule has 1 heterocycles. The maximum atomic E-state index is 12.0. The van der Waals surface area contributed by atoms with Gasteiger partial charge in [-0.05, 0) is 43.0 Å². The van der Waals surface area contributed by atoms with E-state index >= 15 is 0 Å². The lowest BCUT2D eigenvalue weighted by atomic mass is 10.0. The van der Waals surface area contributed by atoms with Crippen LogP contribution in [0.25, 0.3) is 0 Å². The van der Waals surface area contributed by atoms with Gasteiger partial charge in [0.2, 0.25) is 0 Å². The van der Waals surface area contributed by atoms with Crippen LogP contribution in [0, 0.1) is 5.92 Å². The third-order valence-electron chi connectivity index (χ3n) is 3.33. The zero-order chi connectivity index (χ0) is 13.8. The molecule has 2 rings (SSSR count). The maximum absolute atomic E-state index is 12.0. The van der Waals surface area contributed by atoms with Crippen LogP contribution >= 0.6 is 0 Å². The zero-order valence-corrected chi connectivity index (χ0v) is 10.9. The molecule has 0 spiro atoms. The molecule has 0 radical (unpaired) electrons. The number of benzene rings is 1. The number of nitrogens with zero attached hydrogens (tertiary/aromatic N) is 1. The Morgan fingerprint density at radius 3 is 2.58 bits per heavy atom. The molecule has 1 unspecified atom stereocenters. The fraction of sp³-hybridized carbons (Fsp3) is 0.429. The summed E-state index contributed by atoms with van der Waals surface area (Å²) in [6, 6.07) is 6.06. The van der Waals surface area contributed by atoms with Gasteiger partial charge in [-0.25, -0.2) is 9.59 Å². The molecule has 19 heavy (non-hydrogen) atoms. The lowest BCUT2D eigenvalue weighted by Gasteiger charge is -2.30. The number of likely N-dealkylation sites (tertiary alicyclic amines) is 1. The topological polar surface area (TPSA) is 69.6 Å². The van der Waals surface area contributed by atoms with E-state index in [1.807, 2.05) is 0 Å². The quantitative estimate of drug-likeness (QED) is 0.860. The van der Waals surface area contributed by atoms with E-state index in [1.54, 1.807) is 17.0 Å². The molecule has 1 aliphatic rings. The summed E-state index contributed by atoms with van der Waals surface area (Å²) in [7, 11) is 0. The van der Waals surface area contributed by atoms with Crippen LogP contribution < -0.4 is 5.32 Å². The summed E-state index contributed by atoms with van der Waals surface area (Å²) in [6.45, 7) is 3.70. The number of hydrogen-bond donors (Lipinski definition) is 2. The van der Waals surface area contributed by atoms with Crippen LogP contribution in [0.3, 0.4) is 0 Å². The Hall–Kier alpha value is -2.04. The Bertz CT molecular complexity index is 470. The second-order valence-electron chi connectivity index (χ2n) is 5.01. The number of carboxylic acids is 1. The summed E-state index contributed by atoms with van der Waals surface area (Å²) in [6.07, 6.45) is 2.20. The van der Waals surface area contributed by atoms with Crippen molar-refractivity contribution in [2.45, 2.75) is 19.8 Å². The molecule has 5 heteroatoms. The molecule has 2 amide bonds. The van der Waals surface area contributed by atoms with Crippen LogP contribution in [0.4, 0.5) is 10.5 Å². The normalized spacial score (nSPS) is 19.0. The largest absolute Gasteiger partial charge is 0.478 e. The maximum Gasteiger partial charge on any atom is 0.335 e. The first-order valence-electron chi connectivity index (χ1n) is 6.45. The Kier molecular flexibility index (Phi) is 4.04. The van der Waals surface area contributed by atoms with Crippen molar-refractivity contribution >= 4 is 17.7 Å². The number of carbonyl (C=O) groups is 2. The molecule has 0 aliphatic carbocycles. The van der Waals surface area contributed by atoms with Gasteiger partial charge in [0, 0.05) is 18.8 Å². The summed E-state index contributed by atoms with van der Waals surface area (Å²) in [5, 5.41) is 11.6. The minimum atomic E-state index is -0.970. The molecule has 1 fully saturated rings. The molecule has 102 valence electrons. The first-order valence-corrected chi connectivity index (χ1v) is 6.45. The number of piperidine rings is 1. The van der Waals surface area contributed by atoms with Crippen LogP contribution in [0.2, 0.25) is 0 Å². The van der Waals surface area contributed by atoms with Gasteiger partial charge < -0.3 is 15.3 Å². The van der Waals surface area contributed by atoms with Gasteiger partial charge in [0.15, 0.2) is 0 Å². The van der Waals surface area contributed by atoms with Crippen molar-refractivity contribution in [3.63, 3.8) is 0 Å². The summed E-state index contributed by atoms with van der Waals surface area (Å²) in [5.41, 5.74) is 0.831. The van der Waals surface area contributed by atoms with E-state index in [9.17, 15) is 9.59 Å². The number of amides is 2. The summed E-state index contributed by atoms with van der Waals surface area (Å²) in [4.78, 5) is 24.6. The van der Waals surface area contributed by atoms with Crippen LogP contribution in [0.5, 0.6) is 0 Å². The predicted octanol–water partition coefficient (Wildman–Crippen LogP) is 2.65. The monoisotopic (exact) mass is 262 g/mol. The number of hydrogen-bond acceptors (Lipinski definition) is 2. The molecule has 5 nitrogen and oxygen atoms in total. The molecule has 1 saturated heterocycles. The van der Waals surface area contributed by atoms with E-state index in [4.69, 9.17) is 5.11 Å². The van der Waals surface area contributed by atoms with Gasteiger partial charge in [0.05, 0.1) is 5.56 Å². The highest BCUT2D eigenvalue weighted by Crippen LogP contribution is 2.17. The van der Waals surface area contributed by atoms with E-state index < -0.39 is 5.97 Å². The number of carboxylic acid groups (broad SMARTS) is 1. The first-order chi connectivity index (χ1) is 9.06. The van der Waals surface area contributed by atoms with Gasteiger partial charge >= 0.3 is 12.0 Å². The van der Waals surface area contributed by atoms with Crippen LogP contribution in [0.1, 0.15) is 30.1 Å². The third kappa shape index (κ3) is 3.47. The second kappa shape index (κ2) is 5.73. The van der Waals surface area contributed by atoms with Crippen molar-refractivity contribution in [1.29, 1.82) is 0 Å². The minimum Gasteiger partial charge on any atom is -0.478 e. The van der Waals surface area contributed by atoms with Gasteiger partial charge in [-0.2, -0.15) is 0 Å². The smallest absolute Gasteiger partial charge is 0.335 e. The molecular weight excluding hydrogens is 244 g/mol. The fourth-order valence-corrected chi connectivity index (χ4v) is 2.27. The average molecular weight is 262 g/mol. The van der Waals surface area contributed by atoms with Crippen molar-refractivity contribution in [2.75, 3.05) is 18.4 Å². The summed E-state index contributed by atoms with van der Waals surface area (Å²) < 4.78 is 0. The highest BCUT2D eigenvalue weighted by atomic mass is 16.4. The predicted molar refractivity (Wildman–Crippen MR) is 72.4 cm³/mol. The van der Waals surface area contributed by atoms with E-state index in [2.05, 4.69) is 12.2 Å². The third-order valence-corrected chi connectivity index (χ3v) is 3.33. The number of anilines is 1. The fourth-order valence-electron chi connectivity index (χ4n) is 2.27. The number of aromatic carboxylic acids is 1. The van der Waals surface area contributed by atoms with Crippen molar-refractivity contribution in [2.24, 2.45) is 5.92 Å². The Labute approximate surface area is 112 Å². The molecule has 2 N–H and O–H groups in total. The molecule has 0 bridgehead atoms. The molecule has 1 aromatic rings. The highest BCUT2D eigenvalue weighted by molar-refractivity contribution is 5.91. The number of rotatable bonds is 2. The Balaban J connectivity index is 1.96. The van der Waals surface area contributed by atoms with E-state index in [0.717, 1.165) is 25.9 Å². The SMILES string of the molecule is CC1CCCN(C(=O)Nc2ccc(C(=O)O)cc2)C1. The van der Waals surface area contributed by atoms with Crippen molar-refractivity contribution < 1.29 is 14.7 Å². The van der Waals surface area contributed by atoms with Crippen LogP contribution in [-0.2, 0) is 0 Å². The van der Waals surface area contributed by atoms with Gasteiger partial charge in [-0.1, -0.05) is 6.92 Å². The molecule has 1 aliphatic heterocycles. The van der Waals surface area contributed by atoms with Crippen LogP contribution in [-0.4, -0.2) is 35.1 Å². The average Bonchev–Trinajstić information content (AvgIpc) is 2.39. The molecule has 0 aromatic heterocycles.